The lowest BCUT2D eigenvalue weighted by Gasteiger charge is -2.35. The third-order valence-corrected chi connectivity index (χ3v) is 8.36. The van der Waals surface area contributed by atoms with E-state index in [4.69, 9.17) is 5.73 Å². The van der Waals surface area contributed by atoms with Gasteiger partial charge in [-0.05, 0) is 18.8 Å². The van der Waals surface area contributed by atoms with E-state index in [1.165, 1.54) is 7.05 Å². The van der Waals surface area contributed by atoms with Crippen LogP contribution >= 0.6 is 0 Å². The highest BCUT2D eigenvalue weighted by Crippen LogP contribution is 2.51. The molecule has 1 fully saturated rings. The molecule has 0 radical (unpaired) electrons. The molecule has 2 atom stereocenters. The second-order valence-electron chi connectivity index (χ2n) is 5.16. The highest BCUT2D eigenvalue weighted by molar-refractivity contribution is 8.13. The van der Waals surface area contributed by atoms with E-state index in [-0.39, 0.29) is 11.6 Å². The fourth-order valence-electron chi connectivity index (χ4n) is 3.25. The van der Waals surface area contributed by atoms with E-state index < -0.39 is 29.6 Å². The van der Waals surface area contributed by atoms with Crippen LogP contribution in [0, 0.1) is 5.92 Å². The number of hydrogen-bond donors (Lipinski definition) is 1. The van der Waals surface area contributed by atoms with E-state index >= 15 is 0 Å². The second-order valence-corrected chi connectivity index (χ2v) is 9.28. The molecule has 6 nitrogen and oxygen atoms in total. The van der Waals surface area contributed by atoms with Gasteiger partial charge in [-0.25, -0.2) is 16.8 Å². The topological polar surface area (TPSA) is 97.5 Å². The van der Waals surface area contributed by atoms with Crippen molar-refractivity contribution in [2.45, 2.75) is 31.7 Å². The van der Waals surface area contributed by atoms with Gasteiger partial charge in [0.25, 0.3) is 10.0 Å². The van der Waals surface area contributed by atoms with E-state index in [1.54, 1.807) is 0 Å². The normalized spacial score (nSPS) is 36.7. The first kappa shape index (κ1) is 13.8. The van der Waals surface area contributed by atoms with Gasteiger partial charge in [-0.3, -0.25) is 0 Å². The number of sulfonamides is 1. The van der Waals surface area contributed by atoms with Gasteiger partial charge in [0.2, 0.25) is 0 Å². The van der Waals surface area contributed by atoms with Gasteiger partial charge in [0, 0.05) is 13.3 Å². The molecular weight excluding hydrogens is 276 g/mol. The van der Waals surface area contributed by atoms with Crippen molar-refractivity contribution in [3.05, 3.63) is 9.93 Å². The van der Waals surface area contributed by atoms with Crippen molar-refractivity contribution >= 4 is 19.9 Å². The van der Waals surface area contributed by atoms with Gasteiger partial charge < -0.3 is 5.73 Å². The summed E-state index contributed by atoms with van der Waals surface area (Å²) < 4.78 is 48.5. The standard InChI is InChI=1S/C10H18N2O4S2/c1-7-5-4-6-10(7)8(11)9(17(3,13)14)18(15,16)12(10)2/h7H,4-6,11H2,1-3H3. The highest BCUT2D eigenvalue weighted by Gasteiger charge is 2.59. The summed E-state index contributed by atoms with van der Waals surface area (Å²) >= 11 is 0. The number of likely N-dealkylation sites (N-methyl/N-ethyl adjacent to an activating group) is 1. The minimum absolute atomic E-state index is 0.00231. The summed E-state index contributed by atoms with van der Waals surface area (Å²) in [6, 6.07) is 0. The van der Waals surface area contributed by atoms with Crippen molar-refractivity contribution in [1.29, 1.82) is 0 Å². The predicted molar refractivity (Wildman–Crippen MR) is 68.5 cm³/mol. The van der Waals surface area contributed by atoms with Crippen LogP contribution in [0.5, 0.6) is 0 Å². The summed E-state index contributed by atoms with van der Waals surface area (Å²) in [4.78, 5) is 0. The molecule has 0 aromatic heterocycles. The van der Waals surface area contributed by atoms with Gasteiger partial charge in [-0.2, -0.15) is 4.31 Å². The molecule has 1 aliphatic heterocycles. The Morgan fingerprint density at radius 1 is 1.44 bits per heavy atom. The first-order valence-corrected chi connectivity index (χ1v) is 9.08. The third-order valence-electron chi connectivity index (χ3n) is 4.19. The van der Waals surface area contributed by atoms with Crippen molar-refractivity contribution in [2.24, 2.45) is 11.7 Å². The Morgan fingerprint density at radius 3 is 2.33 bits per heavy atom. The summed E-state index contributed by atoms with van der Waals surface area (Å²) in [5.41, 5.74) is 5.09. The lowest BCUT2D eigenvalue weighted by molar-refractivity contribution is 0.219. The van der Waals surface area contributed by atoms with Crippen LogP contribution in [0.25, 0.3) is 0 Å². The average Bonchev–Trinajstić information content (AvgIpc) is 2.62. The van der Waals surface area contributed by atoms with Crippen molar-refractivity contribution < 1.29 is 16.8 Å². The molecule has 18 heavy (non-hydrogen) atoms. The molecule has 8 heteroatoms. The van der Waals surface area contributed by atoms with Crippen LogP contribution in [0.2, 0.25) is 0 Å². The maximum atomic E-state index is 12.3. The molecule has 0 bridgehead atoms. The van der Waals surface area contributed by atoms with Gasteiger partial charge in [0.05, 0.1) is 11.2 Å². The largest absolute Gasteiger partial charge is 0.399 e. The van der Waals surface area contributed by atoms with E-state index in [0.717, 1.165) is 23.4 Å². The monoisotopic (exact) mass is 294 g/mol. The second kappa shape index (κ2) is 3.71. The third kappa shape index (κ3) is 1.48. The number of sulfone groups is 1. The first-order chi connectivity index (χ1) is 8.06. The minimum Gasteiger partial charge on any atom is -0.399 e. The number of nitrogens with zero attached hydrogens (tertiary/aromatic N) is 1. The summed E-state index contributed by atoms with van der Waals surface area (Å²) in [5, 5.41) is 0. The van der Waals surface area contributed by atoms with E-state index in [0.29, 0.717) is 6.42 Å². The molecule has 1 saturated carbocycles. The molecule has 2 aliphatic rings. The van der Waals surface area contributed by atoms with Crippen molar-refractivity contribution in [3.63, 3.8) is 0 Å². The summed E-state index contributed by atoms with van der Waals surface area (Å²) in [5.74, 6) is 0.0246. The molecule has 104 valence electrons. The van der Waals surface area contributed by atoms with Gasteiger partial charge in [-0.1, -0.05) is 13.3 Å². The molecule has 2 N–H and O–H groups in total. The van der Waals surface area contributed by atoms with Crippen LogP contribution in [0.4, 0.5) is 0 Å². The molecule has 1 aliphatic carbocycles. The smallest absolute Gasteiger partial charge is 0.256 e. The van der Waals surface area contributed by atoms with E-state index in [9.17, 15) is 16.8 Å². The van der Waals surface area contributed by atoms with Crippen molar-refractivity contribution in [1.82, 2.24) is 4.31 Å². The Morgan fingerprint density at radius 2 is 2.00 bits per heavy atom. The van der Waals surface area contributed by atoms with E-state index in [1.807, 2.05) is 6.92 Å². The molecular formula is C10H18N2O4S2. The SMILES string of the molecule is CC1CCCC12C(N)=C(S(C)(=O)=O)S(=O)(=O)N2C. The van der Waals surface area contributed by atoms with Crippen molar-refractivity contribution in [3.8, 4) is 0 Å². The van der Waals surface area contributed by atoms with Crippen molar-refractivity contribution in [2.75, 3.05) is 13.3 Å². The van der Waals surface area contributed by atoms with Gasteiger partial charge in [0.1, 0.15) is 0 Å². The quantitative estimate of drug-likeness (QED) is 0.733. The summed E-state index contributed by atoms with van der Waals surface area (Å²) in [7, 11) is -6.43. The Bertz CT molecular complexity index is 620. The van der Waals surface area contributed by atoms with Crippen LogP contribution < -0.4 is 5.73 Å². The number of rotatable bonds is 1. The zero-order valence-electron chi connectivity index (χ0n) is 10.7. The summed E-state index contributed by atoms with van der Waals surface area (Å²) in [6.07, 6.45) is 3.16. The Balaban J connectivity index is 2.80. The molecule has 0 saturated heterocycles. The van der Waals surface area contributed by atoms with Gasteiger partial charge >= 0.3 is 0 Å². The fourth-order valence-corrected chi connectivity index (χ4v) is 7.19. The zero-order chi connectivity index (χ0) is 13.9. The molecule has 2 rings (SSSR count). The predicted octanol–water partition coefficient (Wildman–Crippen LogP) is -0.00720. The Kier molecular flexibility index (Phi) is 2.85. The molecule has 0 aromatic carbocycles. The highest BCUT2D eigenvalue weighted by atomic mass is 32.3. The van der Waals surface area contributed by atoms with Crippen LogP contribution in [0.15, 0.2) is 9.93 Å². The Hall–Kier alpha value is -0.600. The molecule has 1 heterocycles. The van der Waals surface area contributed by atoms with Crippen LogP contribution in [-0.2, 0) is 19.9 Å². The summed E-state index contributed by atoms with van der Waals surface area (Å²) in [6.45, 7) is 1.91. The molecule has 2 unspecified atom stereocenters. The van der Waals surface area contributed by atoms with Gasteiger partial charge in [0.15, 0.2) is 14.1 Å². The fraction of sp³-hybridized carbons (Fsp3) is 0.800. The zero-order valence-corrected chi connectivity index (χ0v) is 12.3. The lowest BCUT2D eigenvalue weighted by atomic mass is 9.86. The molecule has 0 amide bonds. The van der Waals surface area contributed by atoms with Crippen LogP contribution in [0.1, 0.15) is 26.2 Å². The van der Waals surface area contributed by atoms with Crippen LogP contribution in [-0.4, -0.2) is 40.0 Å². The average molecular weight is 294 g/mol. The number of nitrogens with two attached hydrogens (primary N) is 1. The maximum Gasteiger partial charge on any atom is 0.256 e. The van der Waals surface area contributed by atoms with E-state index in [2.05, 4.69) is 0 Å². The first-order valence-electron chi connectivity index (χ1n) is 5.75. The molecule has 1 spiro atoms. The number of hydrogen-bond acceptors (Lipinski definition) is 5. The lowest BCUT2D eigenvalue weighted by Crippen LogP contribution is -2.49. The van der Waals surface area contributed by atoms with Crippen LogP contribution in [0.3, 0.4) is 0 Å². The Labute approximate surface area is 108 Å². The minimum atomic E-state index is -4.00. The molecule has 0 aromatic rings. The van der Waals surface area contributed by atoms with Gasteiger partial charge in [-0.15, -0.1) is 0 Å². The maximum absolute atomic E-state index is 12.3.